The topological polar surface area (TPSA) is 106 Å². The molecule has 0 aliphatic heterocycles. The van der Waals surface area contributed by atoms with Crippen LogP contribution in [0.25, 0.3) is 0 Å². The Balaban J connectivity index is 2.24. The summed E-state index contributed by atoms with van der Waals surface area (Å²) < 4.78 is 77.9. The van der Waals surface area contributed by atoms with Crippen LogP contribution in [0.3, 0.4) is 0 Å². The molecule has 31 heavy (non-hydrogen) atoms. The Hall–Kier alpha value is -2.83. The molecule has 0 bridgehead atoms. The van der Waals surface area contributed by atoms with Gasteiger partial charge in [-0.1, -0.05) is 13.3 Å². The van der Waals surface area contributed by atoms with Gasteiger partial charge in [-0.05, 0) is 30.2 Å². The number of nitrogens with two attached hydrogens (primary N) is 2. The first-order valence-electron chi connectivity index (χ1n) is 8.92. The van der Waals surface area contributed by atoms with Crippen molar-refractivity contribution in [3.63, 3.8) is 0 Å². The summed E-state index contributed by atoms with van der Waals surface area (Å²) in [5.74, 6) is -1.58. The quantitative estimate of drug-likeness (QED) is 0.321. The van der Waals surface area contributed by atoms with E-state index in [2.05, 4.69) is 15.3 Å². The summed E-state index contributed by atoms with van der Waals surface area (Å²) in [6, 6.07) is 1.18. The van der Waals surface area contributed by atoms with Gasteiger partial charge in [0.1, 0.15) is 0 Å². The van der Waals surface area contributed by atoms with E-state index in [1.165, 1.54) is 0 Å². The third-order valence-electron chi connectivity index (χ3n) is 4.10. The summed E-state index contributed by atoms with van der Waals surface area (Å²) in [6.45, 7) is 1.29. The van der Waals surface area contributed by atoms with Crippen LogP contribution >= 0.6 is 11.3 Å². The summed E-state index contributed by atoms with van der Waals surface area (Å²) in [7, 11) is 0. The van der Waals surface area contributed by atoms with E-state index in [1.807, 2.05) is 6.92 Å². The number of alkyl halides is 6. The maximum atomic E-state index is 13.0. The summed E-state index contributed by atoms with van der Waals surface area (Å²) in [4.78, 5) is 20.6. The van der Waals surface area contributed by atoms with Crippen molar-refractivity contribution >= 4 is 28.3 Å². The zero-order chi connectivity index (χ0) is 23.4. The third-order valence-corrected chi connectivity index (χ3v) is 4.85. The number of amides is 1. The molecule has 1 aromatic carbocycles. The molecule has 0 aliphatic rings. The monoisotopic (exact) mass is 467 g/mol. The van der Waals surface area contributed by atoms with Gasteiger partial charge in [0.2, 0.25) is 11.0 Å². The van der Waals surface area contributed by atoms with Crippen molar-refractivity contribution in [2.45, 2.75) is 44.6 Å². The van der Waals surface area contributed by atoms with E-state index in [0.717, 1.165) is 11.3 Å². The molecule has 1 amide bonds. The molecule has 1 unspecified atom stereocenters. The standard InChI is InChI=1S/C18H19F6N5OS/c1-2-3-12(13-8-31-16(28-13)29-15(25)26)14(30)27-7-9-4-10(17(19,20)21)6-11(5-9)18(22,23)24/h4-6,8,12H,2-3,7H2,1H3,(H,27,30)(H4,25,26,28,29). The van der Waals surface area contributed by atoms with Gasteiger partial charge in [-0.2, -0.15) is 31.3 Å². The molecule has 1 heterocycles. The molecule has 2 aromatic rings. The SMILES string of the molecule is CCCC(C(=O)NCc1cc(C(F)(F)F)cc(C(F)(F)F)c1)c1csc(N=C(N)N)n1. The predicted octanol–water partition coefficient (Wildman–Crippen LogP) is 4.29. The first kappa shape index (κ1) is 24.4. The number of hydrogen-bond donors (Lipinski definition) is 3. The van der Waals surface area contributed by atoms with Crippen molar-refractivity contribution in [1.82, 2.24) is 10.3 Å². The number of guanidine groups is 1. The molecule has 13 heteroatoms. The highest BCUT2D eigenvalue weighted by Crippen LogP contribution is 2.36. The van der Waals surface area contributed by atoms with Gasteiger partial charge in [-0.15, -0.1) is 11.3 Å². The van der Waals surface area contributed by atoms with Crippen LogP contribution in [0.4, 0.5) is 31.5 Å². The van der Waals surface area contributed by atoms with Crippen LogP contribution in [-0.2, 0) is 23.7 Å². The van der Waals surface area contributed by atoms with Crippen LogP contribution in [0.15, 0.2) is 28.6 Å². The summed E-state index contributed by atoms with van der Waals surface area (Å²) in [6.07, 6.45) is -9.00. The van der Waals surface area contributed by atoms with Gasteiger partial charge in [-0.3, -0.25) is 4.79 Å². The lowest BCUT2D eigenvalue weighted by Gasteiger charge is -2.17. The molecule has 5 N–H and O–H groups in total. The van der Waals surface area contributed by atoms with Crippen molar-refractivity contribution in [2.24, 2.45) is 16.5 Å². The minimum Gasteiger partial charge on any atom is -0.370 e. The molecule has 1 aromatic heterocycles. The van der Waals surface area contributed by atoms with E-state index in [0.29, 0.717) is 30.7 Å². The van der Waals surface area contributed by atoms with Gasteiger partial charge < -0.3 is 16.8 Å². The molecular formula is C18H19F6N5OS. The number of carbonyl (C=O) groups is 1. The summed E-state index contributed by atoms with van der Waals surface area (Å²) >= 11 is 1.08. The van der Waals surface area contributed by atoms with Gasteiger partial charge in [0, 0.05) is 11.9 Å². The van der Waals surface area contributed by atoms with Crippen LogP contribution in [-0.4, -0.2) is 16.9 Å². The average molecular weight is 467 g/mol. The van der Waals surface area contributed by atoms with Gasteiger partial charge in [0.25, 0.3) is 0 Å². The summed E-state index contributed by atoms with van der Waals surface area (Å²) in [5.41, 5.74) is 7.69. The second-order valence-corrected chi connectivity index (χ2v) is 7.40. The molecule has 6 nitrogen and oxygen atoms in total. The third kappa shape index (κ3) is 6.84. The van der Waals surface area contributed by atoms with Crippen molar-refractivity contribution in [2.75, 3.05) is 0 Å². The number of aliphatic imine (C=N–C) groups is 1. The highest BCUT2D eigenvalue weighted by molar-refractivity contribution is 7.13. The van der Waals surface area contributed by atoms with E-state index in [-0.39, 0.29) is 22.7 Å². The molecule has 170 valence electrons. The second-order valence-electron chi connectivity index (χ2n) is 6.56. The fraction of sp³-hybridized carbons (Fsp3) is 0.389. The number of aromatic nitrogens is 1. The van der Waals surface area contributed by atoms with E-state index in [1.54, 1.807) is 5.38 Å². The first-order valence-corrected chi connectivity index (χ1v) is 9.80. The molecule has 0 radical (unpaired) electrons. The average Bonchev–Trinajstić information content (AvgIpc) is 3.09. The lowest BCUT2D eigenvalue weighted by Crippen LogP contribution is -2.29. The number of thiazole rings is 1. The minimum absolute atomic E-state index is 0.0334. The van der Waals surface area contributed by atoms with E-state index in [9.17, 15) is 31.1 Å². The predicted molar refractivity (Wildman–Crippen MR) is 104 cm³/mol. The van der Waals surface area contributed by atoms with Crippen molar-refractivity contribution < 1.29 is 31.1 Å². The second kappa shape index (κ2) is 9.54. The molecule has 0 fully saturated rings. The largest absolute Gasteiger partial charge is 0.416 e. The molecular weight excluding hydrogens is 448 g/mol. The number of carbonyl (C=O) groups excluding carboxylic acids is 1. The molecule has 0 saturated carbocycles. The molecule has 1 atom stereocenters. The Morgan fingerprint density at radius 3 is 2.19 bits per heavy atom. The Morgan fingerprint density at radius 1 is 1.13 bits per heavy atom. The highest BCUT2D eigenvalue weighted by Gasteiger charge is 2.37. The van der Waals surface area contributed by atoms with Gasteiger partial charge >= 0.3 is 12.4 Å². The number of halogens is 6. The number of rotatable bonds is 7. The lowest BCUT2D eigenvalue weighted by molar-refractivity contribution is -0.143. The summed E-state index contributed by atoms with van der Waals surface area (Å²) in [5, 5.41) is 4.18. The molecule has 2 rings (SSSR count). The normalized spacial score (nSPS) is 13.0. The zero-order valence-corrected chi connectivity index (χ0v) is 17.0. The van der Waals surface area contributed by atoms with E-state index >= 15 is 0 Å². The number of nitrogens with one attached hydrogen (secondary N) is 1. The van der Waals surface area contributed by atoms with Gasteiger partial charge in [0.15, 0.2) is 5.96 Å². The fourth-order valence-electron chi connectivity index (χ4n) is 2.73. The number of benzene rings is 1. The fourth-order valence-corrected chi connectivity index (χ4v) is 3.49. The number of nitrogens with zero attached hydrogens (tertiary/aromatic N) is 2. The Morgan fingerprint density at radius 2 is 1.71 bits per heavy atom. The van der Waals surface area contributed by atoms with Crippen molar-refractivity contribution in [1.29, 1.82) is 0 Å². The van der Waals surface area contributed by atoms with Crippen molar-refractivity contribution in [3.05, 3.63) is 46.0 Å². The smallest absolute Gasteiger partial charge is 0.370 e. The van der Waals surface area contributed by atoms with Crippen LogP contribution in [0.2, 0.25) is 0 Å². The Bertz CT molecular complexity index is 917. The van der Waals surface area contributed by atoms with Crippen LogP contribution < -0.4 is 16.8 Å². The molecule has 0 spiro atoms. The van der Waals surface area contributed by atoms with Gasteiger partial charge in [-0.25, -0.2) is 4.98 Å². The van der Waals surface area contributed by atoms with E-state index in [4.69, 9.17) is 11.5 Å². The maximum absolute atomic E-state index is 13.0. The maximum Gasteiger partial charge on any atom is 0.416 e. The van der Waals surface area contributed by atoms with Crippen LogP contribution in [0, 0.1) is 0 Å². The Labute approximate surface area is 177 Å². The van der Waals surface area contributed by atoms with Crippen LogP contribution in [0.5, 0.6) is 0 Å². The lowest BCUT2D eigenvalue weighted by atomic mass is 9.99. The first-order chi connectivity index (χ1) is 14.3. The van der Waals surface area contributed by atoms with Crippen molar-refractivity contribution in [3.8, 4) is 0 Å². The van der Waals surface area contributed by atoms with Gasteiger partial charge in [0.05, 0.1) is 22.7 Å². The Kier molecular flexibility index (Phi) is 7.52. The zero-order valence-electron chi connectivity index (χ0n) is 16.1. The number of hydrogen-bond acceptors (Lipinski definition) is 4. The van der Waals surface area contributed by atoms with E-state index < -0.39 is 41.8 Å². The highest BCUT2D eigenvalue weighted by atomic mass is 32.1. The molecule has 0 saturated heterocycles. The van der Waals surface area contributed by atoms with Crippen LogP contribution in [0.1, 0.15) is 48.1 Å². The molecule has 0 aliphatic carbocycles. The minimum atomic E-state index is -4.97.